The molecule has 1 aromatic carbocycles. The van der Waals surface area contributed by atoms with Crippen LogP contribution in [0.1, 0.15) is 6.92 Å². The van der Waals surface area contributed by atoms with Gasteiger partial charge in [-0.05, 0) is 37.3 Å². The Bertz CT molecular complexity index is 489. The summed E-state index contributed by atoms with van der Waals surface area (Å²) in [4.78, 5) is 15.2. The van der Waals surface area contributed by atoms with Crippen molar-refractivity contribution in [1.29, 1.82) is 0 Å². The van der Waals surface area contributed by atoms with Gasteiger partial charge in [-0.1, -0.05) is 18.3 Å². The monoisotopic (exact) mass is 277 g/mol. The second-order valence-corrected chi connectivity index (χ2v) is 5.48. The van der Waals surface area contributed by atoms with E-state index >= 15 is 0 Å². The zero-order valence-corrected chi connectivity index (χ0v) is 12.6. The van der Waals surface area contributed by atoms with Crippen molar-refractivity contribution in [3.05, 3.63) is 47.4 Å². The van der Waals surface area contributed by atoms with Crippen molar-refractivity contribution in [3.63, 3.8) is 0 Å². The molecule has 0 aliphatic rings. The standard InChI is InChI=1S/C15H19NO2S/c1-11(15(17)18-5)10-12(2)19-14-8-6-13(7-9-14)16(3)4/h6-10H,2H2,1,3-5H3/b11-10+. The number of hydrogen-bond donors (Lipinski definition) is 0. The summed E-state index contributed by atoms with van der Waals surface area (Å²) >= 11 is 1.52. The average molecular weight is 277 g/mol. The summed E-state index contributed by atoms with van der Waals surface area (Å²) in [7, 11) is 5.38. The third kappa shape index (κ3) is 4.83. The zero-order chi connectivity index (χ0) is 14.4. The molecule has 4 heteroatoms. The van der Waals surface area contributed by atoms with Crippen LogP contribution in [0.25, 0.3) is 0 Å². The lowest BCUT2D eigenvalue weighted by Gasteiger charge is -2.12. The molecule has 0 saturated heterocycles. The van der Waals surface area contributed by atoms with E-state index in [1.54, 1.807) is 13.0 Å². The molecule has 1 rings (SSSR count). The summed E-state index contributed by atoms with van der Waals surface area (Å²) in [5, 5.41) is 0. The molecular formula is C15H19NO2S. The summed E-state index contributed by atoms with van der Waals surface area (Å²) in [5.74, 6) is -0.329. The predicted molar refractivity (Wildman–Crippen MR) is 81.5 cm³/mol. The van der Waals surface area contributed by atoms with E-state index in [9.17, 15) is 4.79 Å². The van der Waals surface area contributed by atoms with Gasteiger partial charge in [0, 0.05) is 35.2 Å². The molecule has 1 aromatic rings. The highest BCUT2D eigenvalue weighted by Gasteiger charge is 2.04. The van der Waals surface area contributed by atoms with Crippen molar-refractivity contribution in [2.75, 3.05) is 26.1 Å². The molecule has 0 unspecified atom stereocenters. The molecule has 0 aliphatic heterocycles. The van der Waals surface area contributed by atoms with Gasteiger partial charge in [0.1, 0.15) is 0 Å². The van der Waals surface area contributed by atoms with Gasteiger partial charge in [0.05, 0.1) is 7.11 Å². The number of methoxy groups -OCH3 is 1. The van der Waals surface area contributed by atoms with Gasteiger partial charge in [-0.2, -0.15) is 0 Å². The first-order valence-corrected chi connectivity index (χ1v) is 6.66. The molecule has 0 bridgehead atoms. The molecule has 0 amide bonds. The smallest absolute Gasteiger partial charge is 0.333 e. The van der Waals surface area contributed by atoms with Gasteiger partial charge in [0.25, 0.3) is 0 Å². The first kappa shape index (κ1) is 15.4. The van der Waals surface area contributed by atoms with Crippen molar-refractivity contribution in [1.82, 2.24) is 0 Å². The number of thioether (sulfide) groups is 1. The largest absolute Gasteiger partial charge is 0.466 e. The third-order valence-electron chi connectivity index (χ3n) is 2.49. The number of carbonyl (C=O) groups is 1. The van der Waals surface area contributed by atoms with Gasteiger partial charge >= 0.3 is 5.97 Å². The number of ether oxygens (including phenoxy) is 1. The third-order valence-corrected chi connectivity index (χ3v) is 3.37. The maximum atomic E-state index is 11.3. The number of rotatable bonds is 5. The van der Waals surface area contributed by atoms with Gasteiger partial charge in [0.2, 0.25) is 0 Å². The summed E-state index contributed by atoms with van der Waals surface area (Å²) in [6, 6.07) is 8.16. The topological polar surface area (TPSA) is 29.5 Å². The van der Waals surface area contributed by atoms with Crippen molar-refractivity contribution >= 4 is 23.4 Å². The Morgan fingerprint density at radius 3 is 2.37 bits per heavy atom. The van der Waals surface area contributed by atoms with Crippen LogP contribution < -0.4 is 4.90 Å². The van der Waals surface area contributed by atoms with E-state index in [1.807, 2.05) is 43.3 Å². The van der Waals surface area contributed by atoms with E-state index in [0.717, 1.165) is 15.5 Å². The van der Waals surface area contributed by atoms with E-state index in [0.29, 0.717) is 5.57 Å². The quantitative estimate of drug-likeness (QED) is 0.357. The second kappa shape index (κ2) is 7.04. The Kier molecular flexibility index (Phi) is 5.70. The van der Waals surface area contributed by atoms with Crippen LogP contribution in [0.2, 0.25) is 0 Å². The van der Waals surface area contributed by atoms with Crippen LogP contribution in [0, 0.1) is 0 Å². The summed E-state index contributed by atoms with van der Waals surface area (Å²) < 4.78 is 4.64. The van der Waals surface area contributed by atoms with Gasteiger partial charge in [-0.3, -0.25) is 0 Å². The molecule has 0 fully saturated rings. The van der Waals surface area contributed by atoms with Crippen LogP contribution in [-0.4, -0.2) is 27.2 Å². The predicted octanol–water partition coefficient (Wildman–Crippen LogP) is 3.48. The average Bonchev–Trinajstić information content (AvgIpc) is 2.38. The molecule has 0 aliphatic carbocycles. The van der Waals surface area contributed by atoms with Crippen molar-refractivity contribution in [2.24, 2.45) is 0 Å². The molecule has 102 valence electrons. The fourth-order valence-electron chi connectivity index (χ4n) is 1.45. The van der Waals surface area contributed by atoms with Crippen LogP contribution in [0.4, 0.5) is 5.69 Å². The Morgan fingerprint density at radius 2 is 1.89 bits per heavy atom. The Balaban J connectivity index is 2.69. The van der Waals surface area contributed by atoms with Gasteiger partial charge in [0.15, 0.2) is 0 Å². The maximum Gasteiger partial charge on any atom is 0.333 e. The lowest BCUT2D eigenvalue weighted by Crippen LogP contribution is -2.07. The molecular weight excluding hydrogens is 258 g/mol. The minimum absolute atomic E-state index is 0.329. The number of nitrogens with zero attached hydrogens (tertiary/aromatic N) is 1. The first-order valence-electron chi connectivity index (χ1n) is 5.85. The van der Waals surface area contributed by atoms with Gasteiger partial charge in [-0.15, -0.1) is 0 Å². The van der Waals surface area contributed by atoms with Crippen molar-refractivity contribution in [3.8, 4) is 0 Å². The molecule has 0 N–H and O–H groups in total. The Hall–Kier alpha value is -1.68. The minimum Gasteiger partial charge on any atom is -0.466 e. The van der Waals surface area contributed by atoms with Crippen LogP contribution in [-0.2, 0) is 9.53 Å². The van der Waals surface area contributed by atoms with Gasteiger partial charge in [-0.25, -0.2) is 4.79 Å². The number of hydrogen-bond acceptors (Lipinski definition) is 4. The highest BCUT2D eigenvalue weighted by Crippen LogP contribution is 2.28. The highest BCUT2D eigenvalue weighted by molar-refractivity contribution is 8.03. The molecule has 0 saturated carbocycles. The summed E-state index contributed by atoms with van der Waals surface area (Å²) in [6.07, 6.45) is 1.73. The van der Waals surface area contributed by atoms with E-state index < -0.39 is 0 Å². The normalized spacial score (nSPS) is 11.1. The van der Waals surface area contributed by atoms with E-state index in [-0.39, 0.29) is 5.97 Å². The Labute approximate surface area is 118 Å². The lowest BCUT2D eigenvalue weighted by atomic mass is 10.3. The molecule has 0 atom stereocenters. The van der Waals surface area contributed by atoms with Crippen LogP contribution in [0.5, 0.6) is 0 Å². The Morgan fingerprint density at radius 1 is 1.32 bits per heavy atom. The number of anilines is 1. The molecule has 0 heterocycles. The SMILES string of the molecule is C=C(/C=C(\C)C(=O)OC)Sc1ccc(N(C)C)cc1. The van der Waals surface area contributed by atoms with Crippen molar-refractivity contribution in [2.45, 2.75) is 11.8 Å². The molecule has 0 aromatic heterocycles. The fourth-order valence-corrected chi connectivity index (χ4v) is 2.27. The number of benzene rings is 1. The van der Waals surface area contributed by atoms with E-state index in [4.69, 9.17) is 0 Å². The van der Waals surface area contributed by atoms with Crippen LogP contribution in [0.15, 0.2) is 52.3 Å². The second-order valence-electron chi connectivity index (χ2n) is 4.28. The minimum atomic E-state index is -0.329. The van der Waals surface area contributed by atoms with Gasteiger partial charge < -0.3 is 9.64 Å². The summed E-state index contributed by atoms with van der Waals surface area (Å²) in [5.41, 5.74) is 1.70. The molecule has 0 spiro atoms. The maximum absolute atomic E-state index is 11.3. The van der Waals surface area contributed by atoms with Crippen LogP contribution >= 0.6 is 11.8 Å². The zero-order valence-electron chi connectivity index (χ0n) is 11.8. The fraction of sp³-hybridized carbons (Fsp3) is 0.267. The first-order chi connectivity index (χ1) is 8.93. The van der Waals surface area contributed by atoms with Crippen LogP contribution in [0.3, 0.4) is 0 Å². The summed E-state index contributed by atoms with van der Waals surface area (Å²) in [6.45, 7) is 5.65. The lowest BCUT2D eigenvalue weighted by molar-refractivity contribution is -0.136. The van der Waals surface area contributed by atoms with E-state index in [2.05, 4.69) is 11.3 Å². The molecule has 0 radical (unpaired) electrons. The van der Waals surface area contributed by atoms with E-state index in [1.165, 1.54) is 18.9 Å². The van der Waals surface area contributed by atoms with Crippen molar-refractivity contribution < 1.29 is 9.53 Å². The molecule has 19 heavy (non-hydrogen) atoms. The number of allylic oxidation sites excluding steroid dienone is 1. The number of carbonyl (C=O) groups excluding carboxylic acids is 1. The molecule has 3 nitrogen and oxygen atoms in total. The number of esters is 1. The highest BCUT2D eigenvalue weighted by atomic mass is 32.2.